The van der Waals surface area contributed by atoms with Crippen LogP contribution in [-0.2, 0) is 19.0 Å². The number of ether oxygens (including phenoxy) is 3. The molecule has 10 atom stereocenters. The molecule has 8 rings (SSSR count). The monoisotopic (exact) mass is 631 g/mol. The van der Waals surface area contributed by atoms with Gasteiger partial charge in [0.15, 0.2) is 0 Å². The van der Waals surface area contributed by atoms with Gasteiger partial charge in [-0.3, -0.25) is 0 Å². The lowest BCUT2D eigenvalue weighted by Crippen LogP contribution is -2.51. The van der Waals surface area contributed by atoms with E-state index in [9.17, 15) is 4.79 Å². The average molecular weight is 632 g/mol. The highest BCUT2D eigenvalue weighted by Crippen LogP contribution is 2.60. The number of carbonyl (C=O) groups is 1. The molecule has 3 aliphatic heterocycles. The second kappa shape index (κ2) is 12.4. The quantitative estimate of drug-likeness (QED) is 0.229. The van der Waals surface area contributed by atoms with Crippen LogP contribution >= 0.6 is 0 Å². The van der Waals surface area contributed by atoms with E-state index in [0.717, 1.165) is 66.1 Å². The van der Waals surface area contributed by atoms with Gasteiger partial charge in [-0.2, -0.15) is 0 Å². The lowest BCUT2D eigenvalue weighted by Gasteiger charge is -2.53. The SMILES string of the molecule is CCCC(=C1C(=O)OC2(OC3CCC4CCCCC4C3C3C(CCC4CCCCC43)O2)C1=C(C)C)C1=C(C)N(C)C2CCCCC12. The van der Waals surface area contributed by atoms with Crippen molar-refractivity contribution in [2.45, 2.75) is 167 Å². The molecule has 0 bridgehead atoms. The minimum atomic E-state index is -1.42. The number of hydrogen-bond donors (Lipinski definition) is 0. The summed E-state index contributed by atoms with van der Waals surface area (Å²) in [5.74, 6) is 3.01. The topological polar surface area (TPSA) is 48.0 Å². The lowest BCUT2D eigenvalue weighted by molar-refractivity contribution is -0.353. The first kappa shape index (κ1) is 31.7. The number of fused-ring (bicyclic) bond motifs is 8. The molecule has 5 aliphatic carbocycles. The van der Waals surface area contributed by atoms with E-state index in [4.69, 9.17) is 14.2 Å². The highest BCUT2D eigenvalue weighted by molar-refractivity contribution is 5.99. The van der Waals surface area contributed by atoms with E-state index in [1.807, 2.05) is 0 Å². The van der Waals surface area contributed by atoms with Crippen molar-refractivity contribution in [3.8, 4) is 0 Å². The van der Waals surface area contributed by atoms with Crippen LogP contribution in [0, 0.1) is 41.4 Å². The molecule has 5 heteroatoms. The minimum absolute atomic E-state index is 0.0902. The summed E-state index contributed by atoms with van der Waals surface area (Å²) >= 11 is 0. The summed E-state index contributed by atoms with van der Waals surface area (Å²) in [7, 11) is 2.27. The predicted molar refractivity (Wildman–Crippen MR) is 181 cm³/mol. The van der Waals surface area contributed by atoms with Gasteiger partial charge in [0.05, 0.1) is 23.4 Å². The van der Waals surface area contributed by atoms with E-state index in [1.54, 1.807) is 0 Å². The third-order valence-corrected chi connectivity index (χ3v) is 14.6. The molecule has 7 fully saturated rings. The molecular weight excluding hydrogens is 570 g/mol. The van der Waals surface area contributed by atoms with Crippen molar-refractivity contribution in [3.05, 3.63) is 33.6 Å². The zero-order chi connectivity index (χ0) is 31.7. The molecule has 8 aliphatic rings. The molecule has 0 aromatic carbocycles. The fourth-order valence-corrected chi connectivity index (χ4v) is 12.8. The van der Waals surface area contributed by atoms with Crippen LogP contribution in [0.25, 0.3) is 0 Å². The maximum absolute atomic E-state index is 14.6. The van der Waals surface area contributed by atoms with Crippen LogP contribution < -0.4 is 0 Å². The van der Waals surface area contributed by atoms with Gasteiger partial charge in [-0.15, -0.1) is 0 Å². The Morgan fingerprint density at radius 1 is 0.783 bits per heavy atom. The smallest absolute Gasteiger partial charge is 0.360 e. The second-order valence-electron chi connectivity index (χ2n) is 17.0. The number of hydrogen-bond acceptors (Lipinski definition) is 5. The molecule has 3 heterocycles. The Balaban J connectivity index is 1.25. The summed E-state index contributed by atoms with van der Waals surface area (Å²) in [6.07, 6.45) is 22.7. The standard InChI is InChI=1S/C41H61NO4/c1-6-13-31(35-25(4)42(5)32-19-12-11-18-30(32)35)38-39(24(2)3)41(46-40(38)43)44-33-22-20-26-14-7-9-16-28(26)36(33)37-29-17-10-8-15-27(29)21-23-34(37)45-41/h26-30,32-34,36-37H,6-23H2,1-5H3. The Morgan fingerprint density at radius 2 is 1.35 bits per heavy atom. The molecule has 5 nitrogen and oxygen atoms in total. The fraction of sp³-hybridized carbons (Fsp3) is 0.829. The third-order valence-electron chi connectivity index (χ3n) is 14.6. The van der Waals surface area contributed by atoms with E-state index in [-0.39, 0.29) is 18.2 Å². The molecule has 0 amide bonds. The first-order valence-electron chi connectivity index (χ1n) is 19.8. The van der Waals surface area contributed by atoms with Crippen molar-refractivity contribution in [2.24, 2.45) is 41.4 Å². The van der Waals surface area contributed by atoms with Crippen LogP contribution in [0.1, 0.15) is 143 Å². The van der Waals surface area contributed by atoms with Gasteiger partial charge in [0.25, 0.3) is 0 Å². The van der Waals surface area contributed by atoms with Crippen LogP contribution in [0.3, 0.4) is 0 Å². The fourth-order valence-electron chi connectivity index (χ4n) is 12.8. The summed E-state index contributed by atoms with van der Waals surface area (Å²) in [5, 5.41) is 0. The van der Waals surface area contributed by atoms with E-state index < -0.39 is 5.97 Å². The summed E-state index contributed by atoms with van der Waals surface area (Å²) in [6, 6.07) is 0.543. The van der Waals surface area contributed by atoms with Crippen LogP contribution in [0.4, 0.5) is 0 Å². The van der Waals surface area contributed by atoms with Gasteiger partial charge in [0.1, 0.15) is 0 Å². The number of rotatable bonds is 3. The van der Waals surface area contributed by atoms with Crippen molar-refractivity contribution in [1.82, 2.24) is 4.90 Å². The van der Waals surface area contributed by atoms with E-state index in [2.05, 4.69) is 39.6 Å². The zero-order valence-electron chi connectivity index (χ0n) is 29.6. The summed E-state index contributed by atoms with van der Waals surface area (Å²) < 4.78 is 21.5. The van der Waals surface area contributed by atoms with Gasteiger partial charge in [0.2, 0.25) is 0 Å². The first-order valence-corrected chi connectivity index (χ1v) is 19.8. The Bertz CT molecular complexity index is 1270. The first-order chi connectivity index (χ1) is 22.3. The molecule has 1 spiro atoms. The largest absolute Gasteiger partial charge is 0.400 e. The normalized spacial score (nSPS) is 44.9. The van der Waals surface area contributed by atoms with Gasteiger partial charge < -0.3 is 19.1 Å². The molecule has 10 unspecified atom stereocenters. The van der Waals surface area contributed by atoms with Crippen LogP contribution in [0.15, 0.2) is 33.6 Å². The van der Waals surface area contributed by atoms with Crippen LogP contribution in [0.5, 0.6) is 0 Å². The average Bonchev–Trinajstić information content (AvgIpc) is 3.42. The van der Waals surface area contributed by atoms with E-state index in [0.29, 0.717) is 23.8 Å². The minimum Gasteiger partial charge on any atom is -0.400 e. The molecule has 0 N–H and O–H groups in total. The Kier molecular flexibility index (Phi) is 8.52. The Hall–Kier alpha value is -1.59. The van der Waals surface area contributed by atoms with Crippen molar-refractivity contribution in [2.75, 3.05) is 7.05 Å². The molecule has 0 aromatic heterocycles. The molecule has 2 saturated heterocycles. The molecular formula is C41H61NO4. The summed E-state index contributed by atoms with van der Waals surface area (Å²) in [5.41, 5.74) is 6.79. The van der Waals surface area contributed by atoms with Crippen LogP contribution in [-0.4, -0.2) is 42.1 Å². The number of esters is 1. The molecule has 46 heavy (non-hydrogen) atoms. The zero-order valence-corrected chi connectivity index (χ0v) is 29.6. The highest BCUT2D eigenvalue weighted by atomic mass is 16.9. The highest BCUT2D eigenvalue weighted by Gasteiger charge is 2.63. The molecule has 0 aromatic rings. The van der Waals surface area contributed by atoms with Gasteiger partial charge in [0, 0.05) is 24.7 Å². The Morgan fingerprint density at radius 3 is 1.93 bits per heavy atom. The van der Waals surface area contributed by atoms with Crippen molar-refractivity contribution in [1.29, 1.82) is 0 Å². The van der Waals surface area contributed by atoms with Gasteiger partial charge >= 0.3 is 11.9 Å². The van der Waals surface area contributed by atoms with E-state index in [1.165, 1.54) is 107 Å². The van der Waals surface area contributed by atoms with Crippen molar-refractivity contribution >= 4 is 5.97 Å². The Labute approximate surface area is 278 Å². The van der Waals surface area contributed by atoms with Crippen molar-refractivity contribution in [3.63, 3.8) is 0 Å². The maximum atomic E-state index is 14.6. The second-order valence-corrected chi connectivity index (χ2v) is 17.0. The van der Waals surface area contributed by atoms with Gasteiger partial charge in [-0.1, -0.05) is 70.3 Å². The third kappa shape index (κ3) is 4.93. The van der Waals surface area contributed by atoms with Gasteiger partial charge in [-0.05, 0) is 125 Å². The maximum Gasteiger partial charge on any atom is 0.360 e. The summed E-state index contributed by atoms with van der Waals surface area (Å²) in [4.78, 5) is 17.1. The summed E-state index contributed by atoms with van der Waals surface area (Å²) in [6.45, 7) is 8.87. The lowest BCUT2D eigenvalue weighted by atomic mass is 9.53. The van der Waals surface area contributed by atoms with Crippen LogP contribution in [0.2, 0.25) is 0 Å². The van der Waals surface area contributed by atoms with E-state index >= 15 is 0 Å². The molecule has 254 valence electrons. The number of nitrogens with zero attached hydrogens (tertiary/aromatic N) is 1. The number of allylic oxidation sites excluding steroid dienone is 3. The predicted octanol–water partition coefficient (Wildman–Crippen LogP) is 9.63. The molecule has 0 radical (unpaired) electrons. The number of carbonyl (C=O) groups excluding carboxylic acids is 1. The van der Waals surface area contributed by atoms with Gasteiger partial charge in [-0.25, -0.2) is 4.79 Å². The molecule has 5 saturated carbocycles. The van der Waals surface area contributed by atoms with Crippen molar-refractivity contribution < 1.29 is 19.0 Å².